The number of aromatic nitrogens is 2. The van der Waals surface area contributed by atoms with Crippen molar-refractivity contribution in [2.75, 3.05) is 12.0 Å². The van der Waals surface area contributed by atoms with Crippen LogP contribution >= 0.6 is 23.8 Å². The Morgan fingerprint density at radius 1 is 1.17 bits per heavy atom. The lowest BCUT2D eigenvalue weighted by Crippen LogP contribution is -2.29. The Hall–Kier alpha value is -2.57. The summed E-state index contributed by atoms with van der Waals surface area (Å²) in [6.07, 6.45) is 6.12. The lowest BCUT2D eigenvalue weighted by Gasteiger charge is -2.28. The third-order valence-electron chi connectivity index (χ3n) is 5.34. The number of benzene rings is 1. The van der Waals surface area contributed by atoms with Crippen molar-refractivity contribution >= 4 is 34.6 Å². The van der Waals surface area contributed by atoms with Gasteiger partial charge in [-0.3, -0.25) is 4.98 Å². The van der Waals surface area contributed by atoms with Gasteiger partial charge in [-0.1, -0.05) is 17.7 Å². The normalized spacial score (nSPS) is 19.1. The molecule has 0 amide bonds. The van der Waals surface area contributed by atoms with Crippen LogP contribution in [-0.2, 0) is 5.54 Å². The highest BCUT2D eigenvalue weighted by molar-refractivity contribution is 7.80. The second kappa shape index (κ2) is 7.93. The Balaban J connectivity index is 1.82. The molecule has 156 valence electrons. The van der Waals surface area contributed by atoms with Gasteiger partial charge in [0.15, 0.2) is 5.11 Å². The summed E-state index contributed by atoms with van der Waals surface area (Å²) in [6, 6.07) is 13.7. The highest BCUT2D eigenvalue weighted by Crippen LogP contribution is 2.43. The molecule has 7 heteroatoms. The molecule has 2 atom stereocenters. The Bertz CT molecular complexity index is 1060. The van der Waals surface area contributed by atoms with Gasteiger partial charge in [0.25, 0.3) is 0 Å². The summed E-state index contributed by atoms with van der Waals surface area (Å²) in [5.74, 6) is 0.634. The number of anilines is 1. The van der Waals surface area contributed by atoms with Crippen LogP contribution < -0.4 is 15.0 Å². The van der Waals surface area contributed by atoms with E-state index in [-0.39, 0.29) is 17.6 Å². The number of halogens is 1. The van der Waals surface area contributed by atoms with Crippen LogP contribution in [0.4, 0.5) is 5.69 Å². The van der Waals surface area contributed by atoms with E-state index in [9.17, 15) is 0 Å². The SMILES string of the molecule is COc1ccc(N2C(=S)N[C@H](c3ccccn3)[C@H]2c2ccn(C(C)(C)C)c2)cc1Cl. The molecule has 3 heterocycles. The van der Waals surface area contributed by atoms with Crippen LogP contribution in [0.15, 0.2) is 61.1 Å². The Morgan fingerprint density at radius 2 is 1.97 bits per heavy atom. The second-order valence-electron chi connectivity index (χ2n) is 8.34. The third-order valence-corrected chi connectivity index (χ3v) is 5.95. The van der Waals surface area contributed by atoms with E-state index >= 15 is 0 Å². The van der Waals surface area contributed by atoms with Crippen molar-refractivity contribution in [2.24, 2.45) is 0 Å². The molecule has 1 aliphatic rings. The Morgan fingerprint density at radius 3 is 2.57 bits per heavy atom. The van der Waals surface area contributed by atoms with Crippen LogP contribution in [0, 0.1) is 0 Å². The summed E-state index contributed by atoms with van der Waals surface area (Å²) >= 11 is 12.2. The molecule has 0 aliphatic carbocycles. The molecule has 30 heavy (non-hydrogen) atoms. The fourth-order valence-electron chi connectivity index (χ4n) is 3.78. The zero-order valence-corrected chi connectivity index (χ0v) is 19.0. The molecule has 1 aliphatic heterocycles. The zero-order valence-electron chi connectivity index (χ0n) is 17.5. The maximum absolute atomic E-state index is 6.43. The fourth-order valence-corrected chi connectivity index (χ4v) is 4.38. The van der Waals surface area contributed by atoms with Gasteiger partial charge in [-0.05, 0) is 75.0 Å². The average Bonchev–Trinajstić information content (AvgIpc) is 3.33. The van der Waals surface area contributed by atoms with Crippen molar-refractivity contribution < 1.29 is 4.74 Å². The molecule has 0 bridgehead atoms. The first-order chi connectivity index (χ1) is 14.3. The maximum Gasteiger partial charge on any atom is 0.174 e. The minimum Gasteiger partial charge on any atom is -0.495 e. The van der Waals surface area contributed by atoms with E-state index in [1.807, 2.05) is 42.6 Å². The van der Waals surface area contributed by atoms with Gasteiger partial charge in [0.05, 0.1) is 29.9 Å². The van der Waals surface area contributed by atoms with Crippen LogP contribution in [0.25, 0.3) is 0 Å². The molecule has 5 nitrogen and oxygen atoms in total. The van der Waals surface area contributed by atoms with Crippen molar-refractivity contribution in [3.05, 3.63) is 77.3 Å². The highest BCUT2D eigenvalue weighted by Gasteiger charge is 2.41. The number of pyridine rings is 1. The van der Waals surface area contributed by atoms with Gasteiger partial charge in [-0.25, -0.2) is 0 Å². The van der Waals surface area contributed by atoms with E-state index in [1.54, 1.807) is 7.11 Å². The van der Waals surface area contributed by atoms with E-state index in [4.69, 9.17) is 28.6 Å². The number of hydrogen-bond donors (Lipinski definition) is 1. The average molecular weight is 441 g/mol. The monoisotopic (exact) mass is 440 g/mol. The molecule has 0 radical (unpaired) electrons. The Labute approximate surface area is 187 Å². The summed E-state index contributed by atoms with van der Waals surface area (Å²) in [5, 5.41) is 4.66. The first-order valence-corrected chi connectivity index (χ1v) is 10.6. The van der Waals surface area contributed by atoms with Gasteiger partial charge < -0.3 is 19.5 Å². The largest absolute Gasteiger partial charge is 0.495 e. The number of methoxy groups -OCH3 is 1. The number of rotatable bonds is 4. The molecule has 3 aromatic rings. The molecule has 0 unspecified atom stereocenters. The van der Waals surface area contributed by atoms with E-state index in [0.717, 1.165) is 16.9 Å². The summed E-state index contributed by atoms with van der Waals surface area (Å²) in [7, 11) is 1.61. The molecular weight excluding hydrogens is 416 g/mol. The van der Waals surface area contributed by atoms with Crippen LogP contribution in [0.2, 0.25) is 5.02 Å². The molecule has 2 aromatic heterocycles. The van der Waals surface area contributed by atoms with Gasteiger partial charge in [0.2, 0.25) is 0 Å². The molecule has 1 saturated heterocycles. The van der Waals surface area contributed by atoms with Gasteiger partial charge in [0.1, 0.15) is 5.75 Å². The van der Waals surface area contributed by atoms with E-state index in [1.165, 1.54) is 0 Å². The number of nitrogens with zero attached hydrogens (tertiary/aromatic N) is 3. The molecule has 1 aromatic carbocycles. The molecule has 0 spiro atoms. The van der Waals surface area contributed by atoms with E-state index in [2.05, 4.69) is 59.0 Å². The molecule has 4 rings (SSSR count). The minimum atomic E-state index is -0.0876. The number of nitrogens with one attached hydrogen (secondary N) is 1. The summed E-state index contributed by atoms with van der Waals surface area (Å²) in [5.41, 5.74) is 2.99. The van der Waals surface area contributed by atoms with Crippen LogP contribution in [0.3, 0.4) is 0 Å². The maximum atomic E-state index is 6.43. The van der Waals surface area contributed by atoms with Crippen LogP contribution in [0.1, 0.15) is 44.1 Å². The van der Waals surface area contributed by atoms with Crippen LogP contribution in [0.5, 0.6) is 5.75 Å². The van der Waals surface area contributed by atoms with Gasteiger partial charge >= 0.3 is 0 Å². The lowest BCUT2D eigenvalue weighted by molar-refractivity contribution is 0.397. The zero-order chi connectivity index (χ0) is 21.5. The van der Waals surface area contributed by atoms with Crippen LogP contribution in [-0.4, -0.2) is 21.8 Å². The highest BCUT2D eigenvalue weighted by atomic mass is 35.5. The summed E-state index contributed by atoms with van der Waals surface area (Å²) in [6.45, 7) is 6.56. The summed E-state index contributed by atoms with van der Waals surface area (Å²) in [4.78, 5) is 6.71. The molecule has 1 N–H and O–H groups in total. The fraction of sp³-hybridized carbons (Fsp3) is 0.304. The molecular formula is C23H25ClN4OS. The van der Waals surface area contributed by atoms with Crippen molar-refractivity contribution in [3.8, 4) is 5.75 Å². The van der Waals surface area contributed by atoms with E-state index < -0.39 is 0 Å². The number of ether oxygens (including phenoxy) is 1. The molecule has 1 fully saturated rings. The van der Waals surface area contributed by atoms with E-state index in [0.29, 0.717) is 15.9 Å². The number of hydrogen-bond acceptors (Lipinski definition) is 3. The first-order valence-electron chi connectivity index (χ1n) is 9.82. The summed E-state index contributed by atoms with van der Waals surface area (Å²) < 4.78 is 7.54. The quantitative estimate of drug-likeness (QED) is 0.544. The Kier molecular flexibility index (Phi) is 5.47. The van der Waals surface area contributed by atoms with Gasteiger partial charge in [0, 0.05) is 29.8 Å². The smallest absolute Gasteiger partial charge is 0.174 e. The minimum absolute atomic E-state index is 0.0143. The van der Waals surface area contributed by atoms with Crippen molar-refractivity contribution in [1.29, 1.82) is 0 Å². The predicted octanol–water partition coefficient (Wildman–Crippen LogP) is 5.48. The predicted molar refractivity (Wildman–Crippen MR) is 125 cm³/mol. The van der Waals surface area contributed by atoms with Crippen molar-refractivity contribution in [3.63, 3.8) is 0 Å². The topological polar surface area (TPSA) is 42.3 Å². The second-order valence-corrected chi connectivity index (χ2v) is 9.13. The van der Waals surface area contributed by atoms with Crippen molar-refractivity contribution in [1.82, 2.24) is 14.9 Å². The van der Waals surface area contributed by atoms with Gasteiger partial charge in [-0.2, -0.15) is 0 Å². The third kappa shape index (κ3) is 3.77. The first kappa shape index (κ1) is 20.7. The van der Waals surface area contributed by atoms with Gasteiger partial charge in [-0.15, -0.1) is 0 Å². The van der Waals surface area contributed by atoms with Crippen molar-refractivity contribution in [2.45, 2.75) is 38.4 Å². The lowest BCUT2D eigenvalue weighted by atomic mass is 9.98. The molecule has 0 saturated carbocycles. The number of thiocarbonyl (C=S) groups is 1. The standard InChI is InChI=1S/C23H25ClN4OS/c1-23(2,3)27-12-10-15(14-27)21-20(18-7-5-6-11-25-18)26-22(30)28(21)16-8-9-19(29-4)17(24)13-16/h5-14,20-21H,1-4H3,(H,26,30)/t20-,21-/m1/s1.